The van der Waals surface area contributed by atoms with Crippen molar-refractivity contribution >= 4 is 27.3 Å². The molecule has 1 aromatic heterocycles. The summed E-state index contributed by atoms with van der Waals surface area (Å²) in [6.45, 7) is 2.88. The highest BCUT2D eigenvalue weighted by atomic mass is 32.2. The number of nitrogens with two attached hydrogens (primary N) is 1. The third-order valence-corrected chi connectivity index (χ3v) is 6.14. The topological polar surface area (TPSA) is 80.5 Å². The van der Waals surface area contributed by atoms with Crippen LogP contribution < -0.4 is 5.14 Å². The number of nitrogens with zero attached hydrogens (tertiary/aromatic N) is 1. The second-order valence-electron chi connectivity index (χ2n) is 5.23. The Kier molecular flexibility index (Phi) is 4.82. The number of likely N-dealkylation sites (tertiary alicyclic amines) is 1. The maximum Gasteiger partial charge on any atom is 0.247 e. The Morgan fingerprint density at radius 2 is 2.15 bits per heavy atom. The number of carbonyl (C=O) groups excluding carboxylic acids is 1. The predicted octanol–water partition coefficient (Wildman–Crippen LogP) is 1.73. The number of amides is 1. The van der Waals surface area contributed by atoms with E-state index in [0.717, 1.165) is 35.6 Å². The third-order valence-electron chi connectivity index (χ3n) is 3.62. The van der Waals surface area contributed by atoms with Crippen molar-refractivity contribution in [3.63, 3.8) is 0 Å². The summed E-state index contributed by atoms with van der Waals surface area (Å²) in [5.41, 5.74) is 0. The number of rotatable bonds is 3. The molecule has 1 amide bonds. The van der Waals surface area contributed by atoms with Crippen molar-refractivity contribution in [3.05, 3.63) is 17.0 Å². The smallest absolute Gasteiger partial charge is 0.247 e. The first-order valence-electron chi connectivity index (χ1n) is 6.79. The van der Waals surface area contributed by atoms with E-state index in [9.17, 15) is 13.2 Å². The second kappa shape index (κ2) is 6.24. The van der Waals surface area contributed by atoms with Crippen LogP contribution in [0.25, 0.3) is 0 Å². The van der Waals surface area contributed by atoms with Gasteiger partial charge in [-0.25, -0.2) is 13.6 Å². The summed E-state index contributed by atoms with van der Waals surface area (Å²) in [5.74, 6) is 0.0715. The number of carbonyl (C=O) groups is 1. The standard InChI is InChI=1S/C13H20N2O3S2/c1-10-5-3-2-4-8-15(10)12(16)9-11-6-7-13(19-11)20(14,17)18/h6-7,10H,2-5,8-9H2,1H3,(H2,14,17,18). The molecule has 0 radical (unpaired) electrons. The van der Waals surface area contributed by atoms with Gasteiger partial charge in [-0.2, -0.15) is 0 Å². The zero-order chi connectivity index (χ0) is 14.8. The largest absolute Gasteiger partial charge is 0.340 e. The molecular weight excluding hydrogens is 296 g/mol. The molecule has 7 heteroatoms. The van der Waals surface area contributed by atoms with Crippen molar-refractivity contribution < 1.29 is 13.2 Å². The van der Waals surface area contributed by atoms with Gasteiger partial charge in [-0.1, -0.05) is 12.8 Å². The van der Waals surface area contributed by atoms with E-state index >= 15 is 0 Å². The number of sulfonamides is 1. The fourth-order valence-corrected chi connectivity index (χ4v) is 4.27. The van der Waals surface area contributed by atoms with Gasteiger partial charge < -0.3 is 4.90 Å². The molecule has 20 heavy (non-hydrogen) atoms. The Hall–Kier alpha value is -0.920. The van der Waals surface area contributed by atoms with Gasteiger partial charge in [-0.05, 0) is 31.9 Å². The van der Waals surface area contributed by atoms with Crippen LogP contribution in [0.5, 0.6) is 0 Å². The number of thiophene rings is 1. The minimum Gasteiger partial charge on any atom is -0.340 e. The summed E-state index contributed by atoms with van der Waals surface area (Å²) < 4.78 is 22.6. The molecule has 2 heterocycles. The van der Waals surface area contributed by atoms with Crippen molar-refractivity contribution in [1.82, 2.24) is 4.90 Å². The van der Waals surface area contributed by atoms with Gasteiger partial charge in [0.25, 0.3) is 0 Å². The molecule has 0 spiro atoms. The molecule has 1 fully saturated rings. The molecule has 2 rings (SSSR count). The van der Waals surface area contributed by atoms with Crippen LogP contribution in [0.3, 0.4) is 0 Å². The van der Waals surface area contributed by atoms with Gasteiger partial charge >= 0.3 is 0 Å². The molecule has 112 valence electrons. The summed E-state index contributed by atoms with van der Waals surface area (Å²) in [6.07, 6.45) is 4.67. The first-order chi connectivity index (χ1) is 9.38. The highest BCUT2D eigenvalue weighted by Gasteiger charge is 2.23. The van der Waals surface area contributed by atoms with Gasteiger partial charge in [0.15, 0.2) is 0 Å². The molecule has 1 aromatic rings. The Bertz CT molecular complexity index is 580. The lowest BCUT2D eigenvalue weighted by molar-refractivity contribution is -0.132. The Labute approximate surface area is 123 Å². The second-order valence-corrected chi connectivity index (χ2v) is 8.18. The van der Waals surface area contributed by atoms with Gasteiger partial charge in [0, 0.05) is 17.5 Å². The monoisotopic (exact) mass is 316 g/mol. The SMILES string of the molecule is CC1CCCCCN1C(=O)Cc1ccc(S(N)(=O)=O)s1. The van der Waals surface area contributed by atoms with E-state index in [4.69, 9.17) is 5.14 Å². The molecule has 2 N–H and O–H groups in total. The summed E-state index contributed by atoms with van der Waals surface area (Å²) in [4.78, 5) is 15.0. The van der Waals surface area contributed by atoms with Crippen LogP contribution in [-0.2, 0) is 21.2 Å². The van der Waals surface area contributed by atoms with Gasteiger partial charge in [0.1, 0.15) is 4.21 Å². The van der Waals surface area contributed by atoms with Crippen molar-refractivity contribution in [2.75, 3.05) is 6.54 Å². The maximum atomic E-state index is 12.3. The number of hydrogen-bond donors (Lipinski definition) is 1. The van der Waals surface area contributed by atoms with Gasteiger partial charge in [-0.15, -0.1) is 11.3 Å². The van der Waals surface area contributed by atoms with Crippen LogP contribution in [0, 0.1) is 0 Å². The summed E-state index contributed by atoms with van der Waals surface area (Å²) in [6, 6.07) is 3.40. The Morgan fingerprint density at radius 3 is 2.80 bits per heavy atom. The molecule has 0 bridgehead atoms. The maximum absolute atomic E-state index is 12.3. The molecule has 1 atom stereocenters. The predicted molar refractivity (Wildman–Crippen MR) is 79.0 cm³/mol. The first-order valence-corrected chi connectivity index (χ1v) is 9.15. The zero-order valence-electron chi connectivity index (χ0n) is 11.5. The van der Waals surface area contributed by atoms with Crippen LogP contribution in [0.2, 0.25) is 0 Å². The molecular formula is C13H20N2O3S2. The van der Waals surface area contributed by atoms with Crippen molar-refractivity contribution in [2.24, 2.45) is 5.14 Å². The lowest BCUT2D eigenvalue weighted by Crippen LogP contribution is -2.39. The molecule has 5 nitrogen and oxygen atoms in total. The van der Waals surface area contributed by atoms with Crippen molar-refractivity contribution in [3.8, 4) is 0 Å². The molecule has 0 aromatic carbocycles. The summed E-state index contributed by atoms with van der Waals surface area (Å²) >= 11 is 1.08. The van der Waals surface area contributed by atoms with Crippen LogP contribution >= 0.6 is 11.3 Å². The molecule has 1 unspecified atom stereocenters. The van der Waals surface area contributed by atoms with Crippen molar-refractivity contribution in [2.45, 2.75) is 49.3 Å². The number of primary sulfonamides is 1. The summed E-state index contributed by atoms with van der Waals surface area (Å²) in [5, 5.41) is 5.07. The third kappa shape index (κ3) is 3.80. The minimum absolute atomic E-state index is 0.0715. The van der Waals surface area contributed by atoms with E-state index in [1.54, 1.807) is 6.07 Å². The highest BCUT2D eigenvalue weighted by Crippen LogP contribution is 2.23. The van der Waals surface area contributed by atoms with E-state index in [0.29, 0.717) is 0 Å². The Balaban J connectivity index is 2.05. The molecule has 1 saturated heterocycles. The van der Waals surface area contributed by atoms with Crippen LogP contribution in [0.15, 0.2) is 16.3 Å². The van der Waals surface area contributed by atoms with Gasteiger partial charge in [0.2, 0.25) is 15.9 Å². The highest BCUT2D eigenvalue weighted by molar-refractivity contribution is 7.91. The average Bonchev–Trinajstić information content (AvgIpc) is 2.71. The lowest BCUT2D eigenvalue weighted by atomic mass is 10.1. The lowest BCUT2D eigenvalue weighted by Gasteiger charge is -2.27. The van der Waals surface area contributed by atoms with Crippen LogP contribution in [0.4, 0.5) is 0 Å². The van der Waals surface area contributed by atoms with Crippen LogP contribution in [-0.4, -0.2) is 31.8 Å². The fraction of sp³-hybridized carbons (Fsp3) is 0.615. The zero-order valence-corrected chi connectivity index (χ0v) is 13.2. The molecule has 1 aliphatic rings. The molecule has 0 saturated carbocycles. The van der Waals surface area contributed by atoms with E-state index < -0.39 is 10.0 Å². The summed E-state index contributed by atoms with van der Waals surface area (Å²) in [7, 11) is -3.67. The fourth-order valence-electron chi connectivity index (χ4n) is 2.50. The molecule has 0 aliphatic carbocycles. The van der Waals surface area contributed by atoms with E-state index in [1.165, 1.54) is 18.9 Å². The van der Waals surface area contributed by atoms with E-state index in [2.05, 4.69) is 6.92 Å². The quantitative estimate of drug-likeness (QED) is 0.922. The minimum atomic E-state index is -3.67. The van der Waals surface area contributed by atoms with E-state index in [1.807, 2.05) is 4.90 Å². The number of hydrogen-bond acceptors (Lipinski definition) is 4. The normalized spacial score (nSPS) is 20.7. The first kappa shape index (κ1) is 15.5. The van der Waals surface area contributed by atoms with Crippen LogP contribution in [0.1, 0.15) is 37.5 Å². The van der Waals surface area contributed by atoms with Gasteiger partial charge in [-0.3, -0.25) is 4.79 Å². The molecule has 1 aliphatic heterocycles. The van der Waals surface area contributed by atoms with E-state index in [-0.39, 0.29) is 22.6 Å². The van der Waals surface area contributed by atoms with Gasteiger partial charge in [0.05, 0.1) is 6.42 Å². The Morgan fingerprint density at radius 1 is 1.40 bits per heavy atom. The average molecular weight is 316 g/mol. The van der Waals surface area contributed by atoms with Crippen molar-refractivity contribution in [1.29, 1.82) is 0 Å².